The molecule has 152 valence electrons. The smallest absolute Gasteiger partial charge is 0.240 e. The summed E-state index contributed by atoms with van der Waals surface area (Å²) in [4.78, 5) is 17.7. The van der Waals surface area contributed by atoms with Crippen molar-refractivity contribution in [3.63, 3.8) is 0 Å². The van der Waals surface area contributed by atoms with E-state index in [1.807, 2.05) is 12.1 Å². The van der Waals surface area contributed by atoms with E-state index in [0.29, 0.717) is 19.1 Å². The van der Waals surface area contributed by atoms with Gasteiger partial charge in [-0.05, 0) is 37.7 Å². The lowest BCUT2D eigenvalue weighted by Gasteiger charge is -2.31. The van der Waals surface area contributed by atoms with Crippen LogP contribution in [0.3, 0.4) is 0 Å². The molecule has 2 aliphatic heterocycles. The van der Waals surface area contributed by atoms with E-state index >= 15 is 0 Å². The Balaban J connectivity index is 1.54. The fraction of sp³-hybridized carbons (Fsp3) is 0.524. The average Bonchev–Trinajstić information content (AvgIpc) is 3.52. The number of benzene rings is 1. The lowest BCUT2D eigenvalue weighted by molar-refractivity contribution is -0.119. The molecule has 1 aliphatic carbocycles. The summed E-state index contributed by atoms with van der Waals surface area (Å²) in [6.07, 6.45) is 4.02. The number of aromatic nitrogens is 1. The van der Waals surface area contributed by atoms with Crippen LogP contribution in [0, 0.1) is 23.2 Å². The molecule has 3 aliphatic rings. The van der Waals surface area contributed by atoms with Gasteiger partial charge in [-0.25, -0.2) is 0 Å². The number of nitrogens with zero attached hydrogens (tertiary/aromatic N) is 2. The van der Waals surface area contributed by atoms with Gasteiger partial charge < -0.3 is 31.0 Å². The van der Waals surface area contributed by atoms with Crippen molar-refractivity contribution < 1.29 is 9.53 Å². The average molecular weight is 394 g/mol. The third-order valence-corrected chi connectivity index (χ3v) is 6.15. The normalized spacial score (nSPS) is 22.2. The summed E-state index contributed by atoms with van der Waals surface area (Å²) in [5.41, 5.74) is 8.43. The number of hydrogen-bond acceptors (Lipinski definition) is 6. The van der Waals surface area contributed by atoms with E-state index < -0.39 is 0 Å². The molecule has 1 unspecified atom stereocenters. The van der Waals surface area contributed by atoms with E-state index in [-0.39, 0.29) is 17.9 Å². The Morgan fingerprint density at radius 3 is 3.00 bits per heavy atom. The number of ether oxygens (including phenoxy) is 1. The van der Waals surface area contributed by atoms with Crippen LogP contribution in [-0.4, -0.2) is 43.2 Å². The first-order valence-corrected chi connectivity index (χ1v) is 10.4. The van der Waals surface area contributed by atoms with Crippen molar-refractivity contribution in [3.8, 4) is 11.8 Å². The highest BCUT2D eigenvalue weighted by Gasteiger charge is 2.35. The Hall–Kier alpha value is -3.08. The quantitative estimate of drug-likeness (QED) is 0.618. The van der Waals surface area contributed by atoms with E-state index in [1.165, 1.54) is 0 Å². The number of aromatic amines is 1. The fourth-order valence-corrected chi connectivity index (χ4v) is 4.54. The summed E-state index contributed by atoms with van der Waals surface area (Å²) in [6.45, 7) is 2.92. The maximum atomic E-state index is 11.9. The molecule has 3 heterocycles. The fourth-order valence-electron chi connectivity index (χ4n) is 4.54. The molecule has 1 amide bonds. The molecular weight excluding hydrogens is 368 g/mol. The van der Waals surface area contributed by atoms with Gasteiger partial charge in [0.05, 0.1) is 28.6 Å². The van der Waals surface area contributed by atoms with E-state index in [4.69, 9.17) is 10.5 Å². The van der Waals surface area contributed by atoms with Gasteiger partial charge in [-0.1, -0.05) is 0 Å². The molecule has 0 spiro atoms. The molecule has 5 N–H and O–H groups in total. The van der Waals surface area contributed by atoms with Crippen LogP contribution in [0.2, 0.25) is 0 Å². The van der Waals surface area contributed by atoms with Crippen molar-refractivity contribution >= 4 is 34.0 Å². The van der Waals surface area contributed by atoms with Crippen LogP contribution < -0.4 is 26.0 Å². The summed E-state index contributed by atoms with van der Waals surface area (Å²) in [7, 11) is 0. The minimum atomic E-state index is -0.351. The lowest BCUT2D eigenvalue weighted by Crippen LogP contribution is -2.37. The van der Waals surface area contributed by atoms with Crippen LogP contribution in [0.5, 0.6) is 5.75 Å². The number of nitrogens with two attached hydrogens (primary N) is 1. The number of rotatable bonds is 5. The van der Waals surface area contributed by atoms with Crippen LogP contribution in [0.15, 0.2) is 12.1 Å². The molecule has 2 fully saturated rings. The second kappa shape index (κ2) is 7.07. The summed E-state index contributed by atoms with van der Waals surface area (Å²) >= 11 is 0. The topological polar surface area (TPSA) is 119 Å². The largest absolute Gasteiger partial charge is 0.491 e. The van der Waals surface area contributed by atoms with Gasteiger partial charge in [0.25, 0.3) is 0 Å². The van der Waals surface area contributed by atoms with Crippen LogP contribution in [0.1, 0.15) is 25.7 Å². The number of hydrogen-bond donors (Lipinski definition) is 4. The van der Waals surface area contributed by atoms with E-state index in [0.717, 1.165) is 72.6 Å². The Morgan fingerprint density at radius 1 is 1.38 bits per heavy atom. The van der Waals surface area contributed by atoms with Crippen LogP contribution >= 0.6 is 0 Å². The van der Waals surface area contributed by atoms with Gasteiger partial charge in [-0.15, -0.1) is 0 Å². The summed E-state index contributed by atoms with van der Waals surface area (Å²) < 4.78 is 6.01. The van der Waals surface area contributed by atoms with E-state index in [9.17, 15) is 10.1 Å². The molecule has 2 aromatic rings. The number of nitriles is 1. The molecular formula is C21H26N6O2. The number of anilines is 3. The number of nitrogens with one attached hydrogen (secondary N) is 3. The highest BCUT2D eigenvalue weighted by atomic mass is 16.5. The predicted octanol–water partition coefficient (Wildman–Crippen LogP) is 2.39. The van der Waals surface area contributed by atoms with Crippen molar-refractivity contribution in [1.82, 2.24) is 4.98 Å². The van der Waals surface area contributed by atoms with E-state index in [1.54, 1.807) is 0 Å². The van der Waals surface area contributed by atoms with Gasteiger partial charge in [0.15, 0.2) is 0 Å². The van der Waals surface area contributed by atoms with Crippen LogP contribution in [-0.2, 0) is 4.79 Å². The molecule has 1 aromatic heterocycles. The second-order valence-electron chi connectivity index (χ2n) is 8.30. The standard InChI is InChI=1S/C21H26N6O2/c22-10-12-2-1-6-27(11-12)21-19-17-15(26-21)8-14(9-16(17)29-7-5-24-19)25-18(20(23)28)13-3-4-13/h8-9,12-13,18,24-26H,1-7,11H2,(H2,23,28)/t12?,18-/m0/s1. The van der Waals surface area contributed by atoms with Gasteiger partial charge in [0.2, 0.25) is 5.91 Å². The number of amides is 1. The zero-order valence-electron chi connectivity index (χ0n) is 16.3. The van der Waals surface area contributed by atoms with Crippen molar-refractivity contribution in [2.24, 2.45) is 17.6 Å². The number of carbonyl (C=O) groups is 1. The molecule has 8 nitrogen and oxygen atoms in total. The van der Waals surface area contributed by atoms with Crippen LogP contribution in [0.4, 0.5) is 17.2 Å². The van der Waals surface area contributed by atoms with Gasteiger partial charge in [0, 0.05) is 31.4 Å². The Bertz CT molecular complexity index is 989. The Labute approximate surface area is 169 Å². The minimum absolute atomic E-state index is 0.0518. The minimum Gasteiger partial charge on any atom is -0.491 e. The first kappa shape index (κ1) is 18.0. The van der Waals surface area contributed by atoms with Gasteiger partial charge in [-0.3, -0.25) is 4.79 Å². The van der Waals surface area contributed by atoms with Crippen molar-refractivity contribution in [2.75, 3.05) is 41.8 Å². The van der Waals surface area contributed by atoms with Crippen molar-refractivity contribution in [2.45, 2.75) is 31.7 Å². The molecule has 8 heteroatoms. The molecule has 5 rings (SSSR count). The first-order valence-electron chi connectivity index (χ1n) is 10.4. The highest BCUT2D eigenvalue weighted by Crippen LogP contribution is 2.44. The molecule has 1 aromatic carbocycles. The zero-order valence-corrected chi connectivity index (χ0v) is 16.3. The molecule has 0 radical (unpaired) electrons. The number of carbonyl (C=O) groups excluding carboxylic acids is 1. The summed E-state index contributed by atoms with van der Waals surface area (Å²) in [5.74, 6) is 1.86. The summed E-state index contributed by atoms with van der Waals surface area (Å²) in [5, 5.41) is 17.2. The molecule has 0 bridgehead atoms. The number of piperidine rings is 1. The number of H-pyrrole nitrogens is 1. The third kappa shape index (κ3) is 3.31. The molecule has 29 heavy (non-hydrogen) atoms. The van der Waals surface area contributed by atoms with Gasteiger partial charge in [0.1, 0.15) is 24.2 Å². The van der Waals surface area contributed by atoms with Crippen molar-refractivity contribution in [3.05, 3.63) is 12.1 Å². The van der Waals surface area contributed by atoms with Gasteiger partial charge >= 0.3 is 0 Å². The molecule has 2 atom stereocenters. The second-order valence-corrected chi connectivity index (χ2v) is 8.30. The SMILES string of the molecule is N#CC1CCCN(c2[nH]c3cc(N[C@H](C(N)=O)C4CC4)cc4c3c2NCCO4)C1. The van der Waals surface area contributed by atoms with E-state index in [2.05, 4.69) is 26.6 Å². The van der Waals surface area contributed by atoms with Crippen molar-refractivity contribution in [1.29, 1.82) is 5.26 Å². The maximum Gasteiger partial charge on any atom is 0.240 e. The van der Waals surface area contributed by atoms with Crippen LogP contribution in [0.25, 0.3) is 10.9 Å². The maximum absolute atomic E-state index is 11.9. The molecule has 1 saturated carbocycles. The molecule has 1 saturated heterocycles. The third-order valence-electron chi connectivity index (χ3n) is 6.15. The monoisotopic (exact) mass is 394 g/mol. The Kier molecular flexibility index (Phi) is 4.38. The zero-order chi connectivity index (χ0) is 20.0. The first-order chi connectivity index (χ1) is 14.1. The van der Waals surface area contributed by atoms with Gasteiger partial charge in [-0.2, -0.15) is 5.26 Å². The summed E-state index contributed by atoms with van der Waals surface area (Å²) in [6, 6.07) is 6.05. The lowest BCUT2D eigenvalue weighted by atomic mass is 10.00. The highest BCUT2D eigenvalue weighted by molar-refractivity contribution is 6.05. The Morgan fingerprint density at radius 2 is 2.24 bits per heavy atom. The predicted molar refractivity (Wildman–Crippen MR) is 112 cm³/mol. The number of primary amides is 1.